The number of benzene rings is 1. The van der Waals surface area contributed by atoms with Gasteiger partial charge >= 0.3 is 29.6 Å². The Morgan fingerprint density at radius 1 is 1.18 bits per heavy atom. The van der Waals surface area contributed by atoms with Gasteiger partial charge in [-0.15, -0.1) is 10.2 Å². The molecule has 12 heteroatoms. The Labute approximate surface area is 203 Å². The van der Waals surface area contributed by atoms with E-state index in [0.29, 0.717) is 31.0 Å². The van der Waals surface area contributed by atoms with Crippen LogP contribution >= 0.6 is 31.9 Å². The Morgan fingerprint density at radius 3 is 2.36 bits per heavy atom. The van der Waals surface area contributed by atoms with E-state index in [0.717, 1.165) is 14.6 Å². The molecule has 0 bridgehead atoms. The van der Waals surface area contributed by atoms with Crippen molar-refractivity contribution in [2.45, 2.75) is 13.3 Å². The van der Waals surface area contributed by atoms with Crippen LogP contribution in [-0.2, 0) is 10.1 Å². The van der Waals surface area contributed by atoms with Gasteiger partial charge in [-0.05, 0) is 75.5 Å². The molecule has 28 heavy (non-hydrogen) atoms. The third-order valence-corrected chi connectivity index (χ3v) is 5.27. The first-order valence-corrected chi connectivity index (χ1v) is 11.0. The number of hydrogen-bond acceptors (Lipinski definition) is 7. The number of pyridine rings is 1. The summed E-state index contributed by atoms with van der Waals surface area (Å²) in [4.78, 5) is 6.17. The average Bonchev–Trinajstić information content (AvgIpc) is 2.58. The summed E-state index contributed by atoms with van der Waals surface area (Å²) in [6.07, 6.45) is 1.94. The Bertz CT molecular complexity index is 883. The van der Waals surface area contributed by atoms with E-state index in [9.17, 15) is 13.0 Å². The minimum Gasteiger partial charge on any atom is -0.748 e. The van der Waals surface area contributed by atoms with Crippen LogP contribution in [0, 0.1) is 0 Å². The van der Waals surface area contributed by atoms with Crippen molar-refractivity contribution in [1.82, 2.24) is 4.98 Å². The molecule has 2 aromatic rings. The van der Waals surface area contributed by atoms with E-state index in [1.165, 1.54) is 0 Å². The molecule has 1 heterocycles. The summed E-state index contributed by atoms with van der Waals surface area (Å²) in [5.74, 6) is 0.122. The maximum atomic E-state index is 10.7. The van der Waals surface area contributed by atoms with Gasteiger partial charge in [-0.3, -0.25) is 0 Å². The van der Waals surface area contributed by atoms with Gasteiger partial charge in [-0.2, -0.15) is 0 Å². The fourth-order valence-electron chi connectivity index (χ4n) is 2.22. The summed E-state index contributed by atoms with van der Waals surface area (Å²) in [7, 11) is -4.17. The normalized spacial score (nSPS) is 11.0. The smallest absolute Gasteiger partial charge is 0.748 e. The van der Waals surface area contributed by atoms with E-state index in [1.807, 2.05) is 42.2 Å². The van der Waals surface area contributed by atoms with Gasteiger partial charge in [0.15, 0.2) is 5.82 Å². The van der Waals surface area contributed by atoms with Crippen LogP contribution in [0.4, 0.5) is 17.2 Å². The molecule has 148 valence electrons. The first-order chi connectivity index (χ1) is 12.3. The molecule has 2 rings (SSSR count). The van der Waals surface area contributed by atoms with Crippen LogP contribution in [0.3, 0.4) is 0 Å². The number of azo groups is 1. The van der Waals surface area contributed by atoms with E-state index < -0.39 is 10.1 Å². The third-order valence-electron chi connectivity index (χ3n) is 3.47. The minimum atomic E-state index is -4.17. The predicted molar refractivity (Wildman–Crippen MR) is 111 cm³/mol. The van der Waals surface area contributed by atoms with Crippen molar-refractivity contribution in [1.29, 1.82) is 0 Å². The SMILES string of the molecule is CCN(CCCS(=O)(=O)[O-])c1ccc(N=Nc2ncc(Br)cc2Br)cc1.O.[Na+]. The second kappa shape index (κ2) is 13.0. The molecule has 0 unspecified atom stereocenters. The van der Waals surface area contributed by atoms with Gasteiger partial charge < -0.3 is 14.9 Å². The van der Waals surface area contributed by atoms with Gasteiger partial charge in [-0.1, -0.05) is 0 Å². The first kappa shape index (κ1) is 27.6. The van der Waals surface area contributed by atoms with Crippen LogP contribution < -0.4 is 34.5 Å². The topological polar surface area (TPSA) is 130 Å². The summed E-state index contributed by atoms with van der Waals surface area (Å²) >= 11 is 6.71. The summed E-state index contributed by atoms with van der Waals surface area (Å²) < 4.78 is 33.7. The number of halogens is 2. The van der Waals surface area contributed by atoms with Crippen molar-refractivity contribution in [3.63, 3.8) is 0 Å². The molecule has 1 aromatic carbocycles. The largest absolute Gasteiger partial charge is 1.00 e. The molecular formula is C16H19Br2N4NaO4S. The van der Waals surface area contributed by atoms with Crippen molar-refractivity contribution in [3.05, 3.63) is 45.5 Å². The van der Waals surface area contributed by atoms with E-state index in [1.54, 1.807) is 6.20 Å². The van der Waals surface area contributed by atoms with Crippen LogP contribution in [-0.4, -0.2) is 42.3 Å². The van der Waals surface area contributed by atoms with Gasteiger partial charge in [0, 0.05) is 35.2 Å². The monoisotopic (exact) mass is 544 g/mol. The third kappa shape index (κ3) is 9.40. The quantitative estimate of drug-likeness (QED) is 0.277. The summed E-state index contributed by atoms with van der Waals surface area (Å²) in [6.45, 7) is 3.17. The molecule has 0 atom stereocenters. The van der Waals surface area contributed by atoms with Gasteiger partial charge in [0.1, 0.15) is 0 Å². The maximum absolute atomic E-state index is 10.7. The molecule has 0 aliphatic rings. The van der Waals surface area contributed by atoms with Crippen molar-refractivity contribution < 1.29 is 48.0 Å². The van der Waals surface area contributed by atoms with E-state index in [2.05, 4.69) is 47.1 Å². The zero-order valence-corrected chi connectivity index (χ0v) is 21.5. The number of anilines is 1. The zero-order valence-electron chi connectivity index (χ0n) is 15.5. The average molecular weight is 546 g/mol. The Kier molecular flexibility index (Phi) is 12.8. The number of hydrogen-bond donors (Lipinski definition) is 0. The van der Waals surface area contributed by atoms with Crippen LogP contribution in [0.25, 0.3) is 0 Å². The molecule has 0 radical (unpaired) electrons. The van der Waals surface area contributed by atoms with Gasteiger partial charge in [0.05, 0.1) is 20.3 Å². The van der Waals surface area contributed by atoms with E-state index >= 15 is 0 Å². The molecule has 0 aliphatic carbocycles. The predicted octanol–water partition coefficient (Wildman–Crippen LogP) is 0.963. The molecule has 8 nitrogen and oxygen atoms in total. The molecule has 0 saturated carbocycles. The first-order valence-electron chi connectivity index (χ1n) is 7.80. The van der Waals surface area contributed by atoms with Crippen LogP contribution in [0.15, 0.2) is 55.7 Å². The Balaban J connectivity index is 0.00000364. The van der Waals surface area contributed by atoms with E-state index in [-0.39, 0.29) is 40.8 Å². The molecule has 0 spiro atoms. The fraction of sp³-hybridized carbons (Fsp3) is 0.312. The number of rotatable bonds is 8. The molecule has 2 N–H and O–H groups in total. The van der Waals surface area contributed by atoms with Crippen molar-refractivity contribution in [2.24, 2.45) is 10.2 Å². The standard InChI is InChI=1S/C16H18Br2N4O3S.Na.H2O/c1-2-22(8-3-9-26(23,24)25)14-6-4-13(5-7-14)20-21-16-15(18)10-12(17)11-19-16;;/h4-7,10-11H,2-3,8-9H2,1H3,(H,23,24,25);;1H2/q;+1;/p-1. The Hall–Kier alpha value is -0.400. The second-order valence-electron chi connectivity index (χ2n) is 5.37. The molecular weight excluding hydrogens is 527 g/mol. The summed E-state index contributed by atoms with van der Waals surface area (Å²) in [6, 6.07) is 9.24. The van der Waals surface area contributed by atoms with Crippen molar-refractivity contribution in [3.8, 4) is 0 Å². The van der Waals surface area contributed by atoms with Crippen LogP contribution in [0.1, 0.15) is 13.3 Å². The van der Waals surface area contributed by atoms with Gasteiger partial charge in [0.2, 0.25) is 0 Å². The summed E-state index contributed by atoms with van der Waals surface area (Å²) in [5.41, 5.74) is 1.60. The molecule has 0 fully saturated rings. The molecule has 0 amide bonds. The number of aromatic nitrogens is 1. The fourth-order valence-corrected chi connectivity index (χ4v) is 3.77. The second-order valence-corrected chi connectivity index (χ2v) is 8.66. The van der Waals surface area contributed by atoms with Crippen molar-refractivity contribution >= 4 is 59.2 Å². The van der Waals surface area contributed by atoms with Gasteiger partial charge in [-0.25, -0.2) is 13.4 Å². The van der Waals surface area contributed by atoms with E-state index in [4.69, 9.17) is 0 Å². The van der Waals surface area contributed by atoms with Crippen LogP contribution in [0.5, 0.6) is 0 Å². The molecule has 0 aliphatic heterocycles. The Morgan fingerprint density at radius 2 is 1.82 bits per heavy atom. The minimum absolute atomic E-state index is 0. The molecule has 1 aromatic heterocycles. The van der Waals surface area contributed by atoms with Crippen molar-refractivity contribution in [2.75, 3.05) is 23.7 Å². The molecule has 0 saturated heterocycles. The van der Waals surface area contributed by atoms with Gasteiger partial charge in [0.25, 0.3) is 0 Å². The maximum Gasteiger partial charge on any atom is 1.00 e. The van der Waals surface area contributed by atoms with Crippen LogP contribution in [0.2, 0.25) is 0 Å². The zero-order chi connectivity index (χ0) is 19.2. The summed E-state index contributed by atoms with van der Waals surface area (Å²) in [5, 5.41) is 8.29. The number of nitrogens with zero attached hydrogens (tertiary/aromatic N) is 4.